The minimum Gasteiger partial charge on any atom is -0.354 e. The van der Waals surface area contributed by atoms with Crippen molar-refractivity contribution >= 4 is 23.3 Å². The fraction of sp³-hybridized carbons (Fsp3) is 0.545. The average Bonchev–Trinajstić information content (AvgIpc) is 2.93. The lowest BCUT2D eigenvalue weighted by Crippen LogP contribution is -2.43. The molecule has 0 aromatic carbocycles. The predicted octanol–water partition coefficient (Wildman–Crippen LogP) is 0.182. The van der Waals surface area contributed by atoms with Gasteiger partial charge in [-0.15, -0.1) is 11.3 Å². The van der Waals surface area contributed by atoms with Gasteiger partial charge in [-0.3, -0.25) is 4.79 Å². The van der Waals surface area contributed by atoms with Gasteiger partial charge >= 0.3 is 6.03 Å². The zero-order chi connectivity index (χ0) is 13.0. The third kappa shape index (κ3) is 3.43. The van der Waals surface area contributed by atoms with E-state index >= 15 is 0 Å². The number of hydrogen-bond acceptors (Lipinski definition) is 4. The Bertz CT molecular complexity index is 446. The molecule has 1 aliphatic heterocycles. The van der Waals surface area contributed by atoms with Crippen LogP contribution in [0, 0.1) is 6.92 Å². The first-order valence-corrected chi connectivity index (χ1v) is 6.76. The second kappa shape index (κ2) is 5.81. The van der Waals surface area contributed by atoms with Crippen LogP contribution in [0.1, 0.15) is 17.1 Å². The third-order valence-electron chi connectivity index (χ3n) is 2.62. The first-order valence-electron chi connectivity index (χ1n) is 5.88. The Morgan fingerprint density at radius 3 is 3.11 bits per heavy atom. The average molecular weight is 268 g/mol. The molecule has 0 radical (unpaired) electrons. The topological polar surface area (TPSA) is 83.1 Å². The number of aromatic nitrogens is 1. The predicted molar refractivity (Wildman–Crippen MR) is 68.5 cm³/mol. The fourth-order valence-corrected chi connectivity index (χ4v) is 2.52. The van der Waals surface area contributed by atoms with E-state index in [1.54, 1.807) is 11.3 Å². The molecule has 3 amide bonds. The van der Waals surface area contributed by atoms with Crippen LogP contribution >= 0.6 is 11.3 Å². The van der Waals surface area contributed by atoms with E-state index < -0.39 is 6.04 Å². The lowest BCUT2D eigenvalue weighted by Gasteiger charge is -2.09. The molecule has 2 heterocycles. The number of carbonyl (C=O) groups is 2. The summed E-state index contributed by atoms with van der Waals surface area (Å²) in [5.74, 6) is -0.135. The first kappa shape index (κ1) is 12.8. The molecular weight excluding hydrogens is 252 g/mol. The van der Waals surface area contributed by atoms with Crippen molar-refractivity contribution in [2.45, 2.75) is 25.8 Å². The summed E-state index contributed by atoms with van der Waals surface area (Å²) in [7, 11) is 0. The van der Waals surface area contributed by atoms with Crippen LogP contribution in [0.2, 0.25) is 0 Å². The maximum absolute atomic E-state index is 11.6. The maximum atomic E-state index is 11.6. The third-order valence-corrected chi connectivity index (χ3v) is 3.65. The zero-order valence-corrected chi connectivity index (χ0v) is 11.0. The van der Waals surface area contributed by atoms with Crippen LogP contribution in [0.25, 0.3) is 0 Å². The Morgan fingerprint density at radius 1 is 1.67 bits per heavy atom. The standard InChI is InChI=1S/C11H16N4O2S/c1-7-6-18-9(14-7)3-2-4-12-10(16)8-5-13-11(17)15-8/h6,8H,2-5H2,1H3,(H,12,16)(H2,13,15,17)/t8-/m1/s1. The van der Waals surface area contributed by atoms with E-state index in [0.717, 1.165) is 23.5 Å². The number of urea groups is 1. The molecule has 0 unspecified atom stereocenters. The van der Waals surface area contributed by atoms with Crippen LogP contribution in [0.5, 0.6) is 0 Å². The molecule has 3 N–H and O–H groups in total. The lowest BCUT2D eigenvalue weighted by atomic mass is 10.2. The largest absolute Gasteiger partial charge is 0.354 e. The summed E-state index contributed by atoms with van der Waals surface area (Å²) in [6.07, 6.45) is 1.72. The molecule has 0 aliphatic carbocycles. The van der Waals surface area contributed by atoms with Gasteiger partial charge < -0.3 is 16.0 Å². The summed E-state index contributed by atoms with van der Waals surface area (Å²) in [4.78, 5) is 26.8. The van der Waals surface area contributed by atoms with Gasteiger partial charge in [-0.1, -0.05) is 0 Å². The van der Waals surface area contributed by atoms with E-state index in [1.807, 2.05) is 12.3 Å². The highest BCUT2D eigenvalue weighted by Crippen LogP contribution is 2.10. The van der Waals surface area contributed by atoms with Crippen molar-refractivity contribution < 1.29 is 9.59 Å². The number of thiazole rings is 1. The van der Waals surface area contributed by atoms with Crippen molar-refractivity contribution in [3.63, 3.8) is 0 Å². The van der Waals surface area contributed by atoms with Crippen molar-refractivity contribution in [2.24, 2.45) is 0 Å². The molecule has 1 saturated heterocycles. The molecule has 1 fully saturated rings. The van der Waals surface area contributed by atoms with Gasteiger partial charge in [-0.25, -0.2) is 9.78 Å². The molecule has 1 aromatic heterocycles. The number of hydrogen-bond donors (Lipinski definition) is 3. The van der Waals surface area contributed by atoms with E-state index in [1.165, 1.54) is 0 Å². The lowest BCUT2D eigenvalue weighted by molar-refractivity contribution is -0.122. The smallest absolute Gasteiger partial charge is 0.315 e. The van der Waals surface area contributed by atoms with Crippen LogP contribution in [0.15, 0.2) is 5.38 Å². The summed E-state index contributed by atoms with van der Waals surface area (Å²) < 4.78 is 0. The highest BCUT2D eigenvalue weighted by Gasteiger charge is 2.25. The van der Waals surface area contributed by atoms with Crippen LogP contribution in [0.4, 0.5) is 4.79 Å². The van der Waals surface area contributed by atoms with Gasteiger partial charge in [0.05, 0.1) is 5.01 Å². The van der Waals surface area contributed by atoms with Crippen molar-refractivity contribution in [3.05, 3.63) is 16.1 Å². The summed E-state index contributed by atoms with van der Waals surface area (Å²) in [5.41, 5.74) is 1.04. The maximum Gasteiger partial charge on any atom is 0.315 e. The van der Waals surface area contributed by atoms with E-state index in [4.69, 9.17) is 0 Å². The summed E-state index contributed by atoms with van der Waals surface area (Å²) in [6, 6.07) is -0.729. The molecule has 0 saturated carbocycles. The number of nitrogens with zero attached hydrogens (tertiary/aromatic N) is 1. The number of carbonyl (C=O) groups excluding carboxylic acids is 2. The van der Waals surface area contributed by atoms with Crippen molar-refractivity contribution in [1.82, 2.24) is 20.9 Å². The van der Waals surface area contributed by atoms with Gasteiger partial charge in [0.2, 0.25) is 5.91 Å². The molecule has 1 atom stereocenters. The monoisotopic (exact) mass is 268 g/mol. The van der Waals surface area contributed by atoms with Crippen LogP contribution in [-0.4, -0.2) is 36.1 Å². The fourth-order valence-electron chi connectivity index (χ4n) is 1.71. The molecule has 1 aromatic rings. The highest BCUT2D eigenvalue weighted by molar-refractivity contribution is 7.09. The molecule has 7 heteroatoms. The van der Waals surface area contributed by atoms with Gasteiger partial charge in [0.1, 0.15) is 6.04 Å². The number of nitrogens with one attached hydrogen (secondary N) is 3. The highest BCUT2D eigenvalue weighted by atomic mass is 32.1. The Hall–Kier alpha value is -1.63. The van der Waals surface area contributed by atoms with Crippen molar-refractivity contribution in [1.29, 1.82) is 0 Å². The second-order valence-electron chi connectivity index (χ2n) is 4.18. The molecule has 1 aliphatic rings. The number of amides is 3. The minimum atomic E-state index is -0.445. The van der Waals surface area contributed by atoms with Gasteiger partial charge in [0, 0.05) is 30.6 Å². The van der Waals surface area contributed by atoms with Crippen LogP contribution in [-0.2, 0) is 11.2 Å². The first-order chi connectivity index (χ1) is 8.65. The van der Waals surface area contributed by atoms with Crippen LogP contribution in [0.3, 0.4) is 0 Å². The zero-order valence-electron chi connectivity index (χ0n) is 10.2. The quantitative estimate of drug-likeness (QED) is 0.666. The van der Waals surface area contributed by atoms with E-state index in [-0.39, 0.29) is 11.9 Å². The molecule has 6 nitrogen and oxygen atoms in total. The number of rotatable bonds is 5. The molecule has 98 valence electrons. The molecule has 0 spiro atoms. The Balaban J connectivity index is 1.63. The van der Waals surface area contributed by atoms with E-state index in [0.29, 0.717) is 13.1 Å². The van der Waals surface area contributed by atoms with E-state index in [2.05, 4.69) is 20.9 Å². The summed E-state index contributed by atoms with van der Waals surface area (Å²) in [6.45, 7) is 2.93. The van der Waals surface area contributed by atoms with Gasteiger partial charge in [0.15, 0.2) is 0 Å². The van der Waals surface area contributed by atoms with Gasteiger partial charge in [-0.2, -0.15) is 0 Å². The Kier molecular flexibility index (Phi) is 4.14. The Labute approximate surface area is 109 Å². The summed E-state index contributed by atoms with van der Waals surface area (Å²) >= 11 is 1.64. The Morgan fingerprint density at radius 2 is 2.50 bits per heavy atom. The molecule has 0 bridgehead atoms. The second-order valence-corrected chi connectivity index (χ2v) is 5.13. The van der Waals surface area contributed by atoms with E-state index in [9.17, 15) is 9.59 Å². The minimum absolute atomic E-state index is 0.135. The van der Waals surface area contributed by atoms with Crippen molar-refractivity contribution in [2.75, 3.05) is 13.1 Å². The molecular formula is C11H16N4O2S. The SMILES string of the molecule is Cc1csc(CCCNC(=O)[C@H]2CNC(=O)N2)n1. The summed E-state index contributed by atoms with van der Waals surface area (Å²) in [5, 5.41) is 11.0. The van der Waals surface area contributed by atoms with Gasteiger partial charge in [-0.05, 0) is 13.3 Å². The normalized spacial score (nSPS) is 18.3. The molecule has 18 heavy (non-hydrogen) atoms. The molecule has 2 rings (SSSR count). The number of aryl methyl sites for hydroxylation is 2. The van der Waals surface area contributed by atoms with Gasteiger partial charge in [0.25, 0.3) is 0 Å². The van der Waals surface area contributed by atoms with Crippen molar-refractivity contribution in [3.8, 4) is 0 Å². The van der Waals surface area contributed by atoms with Crippen LogP contribution < -0.4 is 16.0 Å².